The molecule has 7 nitrogen and oxygen atoms in total. The fraction of sp³-hybridized carbons (Fsp3) is 0.217. The van der Waals surface area contributed by atoms with Gasteiger partial charge < -0.3 is 15.2 Å². The van der Waals surface area contributed by atoms with Crippen molar-refractivity contribution in [3.8, 4) is 11.4 Å². The second-order valence-corrected chi connectivity index (χ2v) is 9.01. The van der Waals surface area contributed by atoms with E-state index in [9.17, 15) is 9.59 Å². The summed E-state index contributed by atoms with van der Waals surface area (Å²) in [5, 5.41) is 5.74. The highest BCUT2D eigenvalue weighted by molar-refractivity contribution is 7.17. The number of methoxy groups -OCH3 is 1. The molecule has 33 heavy (non-hydrogen) atoms. The first kappa shape index (κ1) is 24.6. The van der Waals surface area contributed by atoms with Crippen LogP contribution in [0.1, 0.15) is 38.8 Å². The summed E-state index contributed by atoms with van der Waals surface area (Å²) in [7, 11) is 1.35. The largest absolute Gasteiger partial charge is 0.465 e. The molecule has 1 aromatic carbocycles. The Morgan fingerprint density at radius 1 is 1.03 bits per heavy atom. The molecule has 3 heterocycles. The first-order valence-corrected chi connectivity index (χ1v) is 12.0. The van der Waals surface area contributed by atoms with Crippen LogP contribution in [0.4, 0.5) is 5.00 Å². The lowest BCUT2D eigenvalue weighted by Crippen LogP contribution is -2.06. The molecule has 0 unspecified atom stereocenters. The standard InChI is InChI=1S/C15H11ClN2O2S.C8H11NO2S/c1-8-7-21-14-11(8)12(16)17-13(18-14)9-3-5-10(6-4-9)15(19)20-2;1-3-11-8(10)6-5(2)4-12-7(6)9/h3-7H,1-2H3;4H,3,9H2,1-2H3. The number of aromatic nitrogens is 2. The van der Waals surface area contributed by atoms with Gasteiger partial charge in [-0.25, -0.2) is 19.6 Å². The minimum absolute atomic E-state index is 0.325. The van der Waals surface area contributed by atoms with Gasteiger partial charge in [-0.3, -0.25) is 0 Å². The number of nitrogens with two attached hydrogens (primary N) is 1. The smallest absolute Gasteiger partial charge is 0.341 e. The van der Waals surface area contributed by atoms with Gasteiger partial charge in [0, 0.05) is 5.56 Å². The van der Waals surface area contributed by atoms with Crippen LogP contribution in [-0.2, 0) is 9.47 Å². The van der Waals surface area contributed by atoms with Crippen molar-refractivity contribution in [2.75, 3.05) is 19.5 Å². The number of aryl methyl sites for hydroxylation is 2. The summed E-state index contributed by atoms with van der Waals surface area (Å²) < 4.78 is 9.51. The minimum Gasteiger partial charge on any atom is -0.465 e. The predicted octanol–water partition coefficient (Wildman–Crippen LogP) is 5.92. The molecule has 0 saturated heterocycles. The van der Waals surface area contributed by atoms with E-state index in [1.54, 1.807) is 31.2 Å². The number of fused-ring (bicyclic) bond motifs is 1. The fourth-order valence-electron chi connectivity index (χ4n) is 2.97. The highest BCUT2D eigenvalue weighted by atomic mass is 35.5. The molecule has 0 radical (unpaired) electrons. The number of esters is 2. The Kier molecular flexibility index (Phi) is 8.01. The first-order valence-electron chi connectivity index (χ1n) is 9.87. The van der Waals surface area contributed by atoms with Crippen molar-refractivity contribution in [1.82, 2.24) is 9.97 Å². The summed E-state index contributed by atoms with van der Waals surface area (Å²) in [6, 6.07) is 6.93. The van der Waals surface area contributed by atoms with Crippen LogP contribution in [0.15, 0.2) is 35.0 Å². The molecule has 172 valence electrons. The van der Waals surface area contributed by atoms with Crippen molar-refractivity contribution < 1.29 is 19.1 Å². The van der Waals surface area contributed by atoms with Crippen LogP contribution >= 0.6 is 34.3 Å². The molecule has 0 aliphatic carbocycles. The van der Waals surface area contributed by atoms with Crippen LogP contribution < -0.4 is 5.73 Å². The summed E-state index contributed by atoms with van der Waals surface area (Å²) in [6.07, 6.45) is 0. The maximum absolute atomic E-state index is 11.4. The van der Waals surface area contributed by atoms with Gasteiger partial charge in [0.1, 0.15) is 15.0 Å². The van der Waals surface area contributed by atoms with Gasteiger partial charge in [0.05, 0.1) is 30.2 Å². The zero-order valence-corrected chi connectivity index (χ0v) is 20.9. The highest BCUT2D eigenvalue weighted by Crippen LogP contribution is 2.31. The Bertz CT molecular complexity index is 1280. The van der Waals surface area contributed by atoms with Gasteiger partial charge in [0.25, 0.3) is 0 Å². The number of halogens is 1. The Morgan fingerprint density at radius 3 is 2.27 bits per heavy atom. The normalized spacial score (nSPS) is 10.5. The molecule has 0 fully saturated rings. The number of carbonyl (C=O) groups is 2. The Morgan fingerprint density at radius 2 is 1.70 bits per heavy atom. The van der Waals surface area contributed by atoms with Crippen molar-refractivity contribution in [2.45, 2.75) is 20.8 Å². The van der Waals surface area contributed by atoms with E-state index in [1.165, 1.54) is 29.8 Å². The third-order valence-corrected chi connectivity index (χ3v) is 6.81. The number of nitrogens with zero attached hydrogens (tertiary/aromatic N) is 2. The average Bonchev–Trinajstić information content (AvgIpc) is 3.35. The highest BCUT2D eigenvalue weighted by Gasteiger charge is 2.15. The van der Waals surface area contributed by atoms with E-state index in [-0.39, 0.29) is 11.9 Å². The third kappa shape index (κ3) is 5.50. The van der Waals surface area contributed by atoms with E-state index in [4.69, 9.17) is 22.1 Å². The number of hydrogen-bond acceptors (Lipinski definition) is 9. The average molecular weight is 504 g/mol. The molecule has 4 aromatic rings. The lowest BCUT2D eigenvalue weighted by molar-refractivity contribution is 0.0526. The van der Waals surface area contributed by atoms with Crippen molar-refractivity contribution in [3.05, 3.63) is 62.4 Å². The van der Waals surface area contributed by atoms with Crippen LogP contribution in [0.25, 0.3) is 21.6 Å². The zero-order valence-electron chi connectivity index (χ0n) is 18.5. The second-order valence-electron chi connectivity index (χ2n) is 6.88. The monoisotopic (exact) mass is 503 g/mol. The van der Waals surface area contributed by atoms with Gasteiger partial charge in [-0.15, -0.1) is 22.7 Å². The lowest BCUT2D eigenvalue weighted by atomic mass is 10.1. The summed E-state index contributed by atoms with van der Waals surface area (Å²) in [5.74, 6) is -0.149. The Hall–Kier alpha value is -3.01. The van der Waals surface area contributed by atoms with Crippen LogP contribution in [0.2, 0.25) is 5.15 Å². The van der Waals surface area contributed by atoms with Crippen molar-refractivity contribution >= 4 is 61.4 Å². The van der Waals surface area contributed by atoms with E-state index in [2.05, 4.69) is 14.7 Å². The number of thiophene rings is 2. The van der Waals surface area contributed by atoms with Gasteiger partial charge in [0.15, 0.2) is 5.82 Å². The molecule has 4 rings (SSSR count). The number of carbonyl (C=O) groups excluding carboxylic acids is 2. The quantitative estimate of drug-likeness (QED) is 0.272. The fourth-order valence-corrected chi connectivity index (χ4v) is 5.04. The van der Waals surface area contributed by atoms with E-state index in [1.807, 2.05) is 24.6 Å². The SMILES string of the molecule is CCOC(=O)c1c(C)csc1N.COC(=O)c1ccc(-c2nc(Cl)c3c(C)csc3n2)cc1. The molecular weight excluding hydrogens is 482 g/mol. The third-order valence-electron chi connectivity index (χ3n) is 4.62. The van der Waals surface area contributed by atoms with Gasteiger partial charge >= 0.3 is 11.9 Å². The summed E-state index contributed by atoms with van der Waals surface area (Å²) in [6.45, 7) is 5.99. The van der Waals surface area contributed by atoms with Gasteiger partial charge in [-0.2, -0.15) is 0 Å². The van der Waals surface area contributed by atoms with E-state index in [0.29, 0.717) is 33.7 Å². The molecular formula is C23H22ClN3O4S2. The van der Waals surface area contributed by atoms with Crippen molar-refractivity contribution in [2.24, 2.45) is 0 Å². The van der Waals surface area contributed by atoms with Crippen molar-refractivity contribution in [1.29, 1.82) is 0 Å². The van der Waals surface area contributed by atoms with Gasteiger partial charge in [-0.05, 0) is 54.8 Å². The number of nitrogen functional groups attached to an aromatic ring is 1. The summed E-state index contributed by atoms with van der Waals surface area (Å²) in [5.41, 5.74) is 9.36. The molecule has 10 heteroatoms. The minimum atomic E-state index is -0.371. The molecule has 2 N–H and O–H groups in total. The zero-order chi connectivity index (χ0) is 24.1. The predicted molar refractivity (Wildman–Crippen MR) is 133 cm³/mol. The van der Waals surface area contributed by atoms with Gasteiger partial charge in [0.2, 0.25) is 0 Å². The van der Waals surface area contributed by atoms with Crippen LogP contribution in [0.5, 0.6) is 0 Å². The number of anilines is 1. The van der Waals surface area contributed by atoms with E-state index >= 15 is 0 Å². The Balaban J connectivity index is 0.000000218. The summed E-state index contributed by atoms with van der Waals surface area (Å²) in [4.78, 5) is 32.4. The molecule has 0 spiro atoms. The molecule has 0 aliphatic rings. The van der Waals surface area contributed by atoms with Crippen LogP contribution in [-0.4, -0.2) is 35.6 Å². The molecule has 0 bridgehead atoms. The number of ether oxygens (including phenoxy) is 2. The maximum Gasteiger partial charge on any atom is 0.341 e. The lowest BCUT2D eigenvalue weighted by Gasteiger charge is -2.04. The maximum atomic E-state index is 11.4. The molecule has 0 atom stereocenters. The first-order chi connectivity index (χ1) is 15.8. The topological polar surface area (TPSA) is 104 Å². The summed E-state index contributed by atoms with van der Waals surface area (Å²) >= 11 is 9.15. The van der Waals surface area contributed by atoms with Crippen molar-refractivity contribution in [3.63, 3.8) is 0 Å². The van der Waals surface area contributed by atoms with Crippen LogP contribution in [0.3, 0.4) is 0 Å². The number of rotatable bonds is 4. The molecule has 3 aromatic heterocycles. The second kappa shape index (κ2) is 10.7. The Labute approximate surface area is 204 Å². The van der Waals surface area contributed by atoms with Gasteiger partial charge in [-0.1, -0.05) is 23.7 Å². The number of hydrogen-bond donors (Lipinski definition) is 1. The molecule has 0 saturated carbocycles. The molecule has 0 amide bonds. The van der Waals surface area contributed by atoms with E-state index < -0.39 is 0 Å². The van der Waals surface area contributed by atoms with Crippen LogP contribution in [0, 0.1) is 13.8 Å². The molecule has 0 aliphatic heterocycles. The van der Waals surface area contributed by atoms with E-state index in [0.717, 1.165) is 26.9 Å². The number of benzene rings is 1.